The number of benzene rings is 2. The van der Waals surface area contributed by atoms with Gasteiger partial charge in [0.25, 0.3) is 5.69 Å². The van der Waals surface area contributed by atoms with Crippen LogP contribution in [-0.2, 0) is 26.2 Å². The van der Waals surface area contributed by atoms with Crippen LogP contribution in [0.15, 0.2) is 42.5 Å². The highest BCUT2D eigenvalue weighted by Gasteiger charge is 2.31. The van der Waals surface area contributed by atoms with Gasteiger partial charge in [0.05, 0.1) is 26.9 Å². The summed E-state index contributed by atoms with van der Waals surface area (Å²) in [5.74, 6) is -1.11. The summed E-state index contributed by atoms with van der Waals surface area (Å²) in [7, 11) is -4.02. The topological polar surface area (TPSA) is 130 Å². The Hall–Kier alpha value is -2.89. The zero-order valence-corrected chi connectivity index (χ0v) is 22.6. The van der Waals surface area contributed by atoms with Crippen LogP contribution >= 0.6 is 23.2 Å². The van der Waals surface area contributed by atoms with Crippen LogP contribution in [0.2, 0.25) is 10.0 Å². The molecule has 0 spiro atoms. The first kappa shape index (κ1) is 29.3. The van der Waals surface area contributed by atoms with Crippen LogP contribution < -0.4 is 9.62 Å². The Morgan fingerprint density at radius 2 is 1.78 bits per heavy atom. The first-order valence-corrected chi connectivity index (χ1v) is 13.6. The van der Waals surface area contributed by atoms with E-state index in [1.807, 2.05) is 13.8 Å². The Balaban J connectivity index is 2.45. The highest BCUT2D eigenvalue weighted by atomic mass is 35.5. The van der Waals surface area contributed by atoms with Crippen molar-refractivity contribution in [1.82, 2.24) is 10.2 Å². The lowest BCUT2D eigenvalue weighted by atomic mass is 10.1. The molecule has 0 heterocycles. The fraction of sp³-hybridized carbons (Fsp3) is 0.391. The second kappa shape index (κ2) is 12.4. The number of amides is 2. The third-order valence-electron chi connectivity index (χ3n) is 5.51. The summed E-state index contributed by atoms with van der Waals surface area (Å²) >= 11 is 12.1. The Bertz CT molecular complexity index is 1240. The molecule has 2 atom stereocenters. The molecule has 2 rings (SSSR count). The second-order valence-corrected chi connectivity index (χ2v) is 11.0. The third kappa shape index (κ3) is 7.81. The summed E-state index contributed by atoms with van der Waals surface area (Å²) in [5.41, 5.74) is 0.191. The Morgan fingerprint density at radius 3 is 2.33 bits per heavy atom. The van der Waals surface area contributed by atoms with Gasteiger partial charge in [-0.15, -0.1) is 0 Å². The number of non-ortho nitro benzene ring substituents is 1. The van der Waals surface area contributed by atoms with Gasteiger partial charge in [0, 0.05) is 24.7 Å². The van der Waals surface area contributed by atoms with Crippen LogP contribution in [0.3, 0.4) is 0 Å². The first-order chi connectivity index (χ1) is 16.7. The zero-order valence-electron chi connectivity index (χ0n) is 20.3. The van der Waals surface area contributed by atoms with Gasteiger partial charge < -0.3 is 10.2 Å². The molecule has 0 bridgehead atoms. The molecular weight excluding hydrogens is 531 g/mol. The molecule has 0 radical (unpaired) electrons. The molecule has 0 fully saturated rings. The maximum absolute atomic E-state index is 13.5. The maximum atomic E-state index is 13.5. The van der Waals surface area contributed by atoms with Crippen molar-refractivity contribution >= 4 is 56.4 Å². The van der Waals surface area contributed by atoms with Gasteiger partial charge >= 0.3 is 0 Å². The molecule has 2 aromatic rings. The monoisotopic (exact) mass is 558 g/mol. The molecule has 10 nitrogen and oxygen atoms in total. The third-order valence-corrected chi connectivity index (χ3v) is 7.39. The first-order valence-electron chi connectivity index (χ1n) is 11.0. The standard InChI is InChI=1S/C23H28Cl2N4O6S/c1-5-15(2)26-23(31)16(3)27(13-17-9-10-20(24)21(25)11-17)22(30)14-28(36(4,34)35)18-7-6-8-19(12-18)29(32)33/h6-12,15-16H,5,13-14H2,1-4H3,(H,26,31)/t15-,16+/m0/s1. The highest BCUT2D eigenvalue weighted by Crippen LogP contribution is 2.26. The molecular formula is C23H28Cl2N4O6S. The lowest BCUT2D eigenvalue weighted by molar-refractivity contribution is -0.384. The molecule has 36 heavy (non-hydrogen) atoms. The summed E-state index contributed by atoms with van der Waals surface area (Å²) in [6, 6.07) is 8.60. The Labute approximate surface area is 220 Å². The molecule has 0 saturated heterocycles. The van der Waals surface area contributed by atoms with E-state index in [9.17, 15) is 28.1 Å². The SMILES string of the molecule is CC[C@H](C)NC(=O)[C@@H](C)N(Cc1ccc(Cl)c(Cl)c1)C(=O)CN(c1cccc([N+](=O)[O-])c1)S(C)(=O)=O. The van der Waals surface area contributed by atoms with Gasteiger partial charge in [0.1, 0.15) is 12.6 Å². The predicted molar refractivity (Wildman–Crippen MR) is 140 cm³/mol. The van der Waals surface area contributed by atoms with Gasteiger partial charge in [-0.05, 0) is 44.0 Å². The lowest BCUT2D eigenvalue weighted by Gasteiger charge is -2.32. The van der Waals surface area contributed by atoms with Crippen molar-refractivity contribution < 1.29 is 22.9 Å². The molecule has 0 aliphatic heterocycles. The second-order valence-electron chi connectivity index (χ2n) is 8.31. The number of hydrogen-bond donors (Lipinski definition) is 1. The minimum atomic E-state index is -4.02. The summed E-state index contributed by atoms with van der Waals surface area (Å²) in [4.78, 5) is 38.1. The molecule has 0 aliphatic carbocycles. The fourth-order valence-electron chi connectivity index (χ4n) is 3.26. The molecule has 1 N–H and O–H groups in total. The van der Waals surface area contributed by atoms with Gasteiger partial charge in [0.2, 0.25) is 21.8 Å². The van der Waals surface area contributed by atoms with Crippen molar-refractivity contribution in [3.05, 3.63) is 68.2 Å². The number of nitro groups is 1. The van der Waals surface area contributed by atoms with Crippen molar-refractivity contribution in [1.29, 1.82) is 0 Å². The summed E-state index contributed by atoms with van der Waals surface area (Å²) < 4.78 is 25.9. The largest absolute Gasteiger partial charge is 0.352 e. The highest BCUT2D eigenvalue weighted by molar-refractivity contribution is 7.92. The van der Waals surface area contributed by atoms with Crippen LogP contribution in [0.25, 0.3) is 0 Å². The summed E-state index contributed by atoms with van der Waals surface area (Å²) in [6.45, 7) is 4.52. The van der Waals surface area contributed by atoms with Crippen molar-refractivity contribution in [2.45, 2.75) is 45.8 Å². The molecule has 2 aromatic carbocycles. The Morgan fingerprint density at radius 1 is 1.11 bits per heavy atom. The van der Waals surface area contributed by atoms with E-state index >= 15 is 0 Å². The van der Waals surface area contributed by atoms with Gasteiger partial charge in [-0.3, -0.25) is 24.0 Å². The smallest absolute Gasteiger partial charge is 0.271 e. The van der Waals surface area contributed by atoms with E-state index in [-0.39, 0.29) is 29.0 Å². The molecule has 0 saturated carbocycles. The number of anilines is 1. The molecule has 2 amide bonds. The average Bonchev–Trinajstić information content (AvgIpc) is 2.81. The number of nitro benzene ring substituents is 1. The molecule has 0 unspecified atom stereocenters. The molecule has 0 aromatic heterocycles. The predicted octanol–water partition coefficient (Wildman–Crippen LogP) is 4.00. The number of carbonyl (C=O) groups is 2. The van der Waals surface area contributed by atoms with E-state index in [0.29, 0.717) is 17.0 Å². The van der Waals surface area contributed by atoms with E-state index in [1.165, 1.54) is 30.0 Å². The number of rotatable bonds is 11. The van der Waals surface area contributed by atoms with Gasteiger partial charge in [-0.2, -0.15) is 0 Å². The minimum absolute atomic E-state index is 0.0498. The summed E-state index contributed by atoms with van der Waals surface area (Å²) in [5, 5.41) is 14.6. The maximum Gasteiger partial charge on any atom is 0.271 e. The lowest BCUT2D eigenvalue weighted by Crippen LogP contribution is -2.52. The zero-order chi connectivity index (χ0) is 27.2. The number of carbonyl (C=O) groups excluding carboxylic acids is 2. The normalized spacial score (nSPS) is 12.9. The van der Waals surface area contributed by atoms with Crippen LogP contribution in [-0.4, -0.2) is 54.9 Å². The van der Waals surface area contributed by atoms with E-state index in [4.69, 9.17) is 23.2 Å². The van der Waals surface area contributed by atoms with Crippen LogP contribution in [0.4, 0.5) is 11.4 Å². The van der Waals surface area contributed by atoms with E-state index < -0.39 is 39.3 Å². The molecule has 13 heteroatoms. The fourth-order valence-corrected chi connectivity index (χ4v) is 4.42. The van der Waals surface area contributed by atoms with Crippen molar-refractivity contribution in [2.75, 3.05) is 17.1 Å². The van der Waals surface area contributed by atoms with Gasteiger partial charge in [-0.25, -0.2) is 8.42 Å². The Kier molecular flexibility index (Phi) is 10.1. The number of hydrogen-bond acceptors (Lipinski definition) is 6. The van der Waals surface area contributed by atoms with E-state index in [2.05, 4.69) is 5.32 Å². The summed E-state index contributed by atoms with van der Waals surface area (Å²) in [6.07, 6.45) is 1.56. The van der Waals surface area contributed by atoms with Crippen LogP contribution in [0, 0.1) is 10.1 Å². The molecule has 196 valence electrons. The van der Waals surface area contributed by atoms with E-state index in [1.54, 1.807) is 18.2 Å². The number of nitrogens with zero attached hydrogens (tertiary/aromatic N) is 3. The van der Waals surface area contributed by atoms with Crippen molar-refractivity contribution in [3.8, 4) is 0 Å². The van der Waals surface area contributed by atoms with Gasteiger partial charge in [-0.1, -0.05) is 42.3 Å². The van der Waals surface area contributed by atoms with Crippen LogP contribution in [0.5, 0.6) is 0 Å². The van der Waals surface area contributed by atoms with Crippen molar-refractivity contribution in [3.63, 3.8) is 0 Å². The van der Waals surface area contributed by atoms with E-state index in [0.717, 1.165) is 16.6 Å². The average molecular weight is 559 g/mol. The number of nitrogens with one attached hydrogen (secondary N) is 1. The quantitative estimate of drug-likeness (QED) is 0.327. The van der Waals surface area contributed by atoms with Gasteiger partial charge in [0.15, 0.2) is 0 Å². The minimum Gasteiger partial charge on any atom is -0.352 e. The van der Waals surface area contributed by atoms with Crippen LogP contribution in [0.1, 0.15) is 32.8 Å². The molecule has 0 aliphatic rings. The number of sulfonamides is 1. The number of halogens is 2. The van der Waals surface area contributed by atoms with Crippen molar-refractivity contribution in [2.24, 2.45) is 0 Å².